The SMILES string of the molecule is CN(Cc1ccc2c(c1)C(COC(=O)Nc1ccccc1)c1ccccc1-2)C(=O)CCCCCN. The molecule has 0 radical (unpaired) electrons. The minimum atomic E-state index is -0.474. The highest BCUT2D eigenvalue weighted by Gasteiger charge is 2.30. The Morgan fingerprint density at radius 3 is 2.46 bits per heavy atom. The van der Waals surface area contributed by atoms with Crippen molar-refractivity contribution in [3.63, 3.8) is 0 Å². The average Bonchev–Trinajstić information content (AvgIpc) is 3.18. The number of carbonyl (C=O) groups is 2. The molecule has 3 aromatic rings. The van der Waals surface area contributed by atoms with Gasteiger partial charge < -0.3 is 15.4 Å². The molecule has 0 spiro atoms. The molecule has 0 fully saturated rings. The van der Waals surface area contributed by atoms with E-state index in [9.17, 15) is 9.59 Å². The van der Waals surface area contributed by atoms with E-state index in [4.69, 9.17) is 10.5 Å². The van der Waals surface area contributed by atoms with E-state index in [0.29, 0.717) is 25.2 Å². The first kappa shape index (κ1) is 24.5. The van der Waals surface area contributed by atoms with Crippen molar-refractivity contribution < 1.29 is 14.3 Å². The first-order valence-electron chi connectivity index (χ1n) is 12.2. The van der Waals surface area contributed by atoms with Gasteiger partial charge in [-0.2, -0.15) is 0 Å². The quantitative estimate of drug-likeness (QED) is 0.381. The van der Waals surface area contributed by atoms with Crippen molar-refractivity contribution in [2.24, 2.45) is 5.73 Å². The van der Waals surface area contributed by atoms with Gasteiger partial charge in [0.15, 0.2) is 0 Å². The minimum Gasteiger partial charge on any atom is -0.448 e. The van der Waals surface area contributed by atoms with Crippen LogP contribution in [0.25, 0.3) is 11.1 Å². The Morgan fingerprint density at radius 1 is 0.914 bits per heavy atom. The van der Waals surface area contributed by atoms with Gasteiger partial charge in [0, 0.05) is 31.6 Å². The summed E-state index contributed by atoms with van der Waals surface area (Å²) in [6, 6.07) is 23.9. The molecular formula is C29H33N3O3. The van der Waals surface area contributed by atoms with Gasteiger partial charge in [-0.1, -0.05) is 67.1 Å². The molecule has 1 unspecified atom stereocenters. The van der Waals surface area contributed by atoms with Crippen LogP contribution in [0.1, 0.15) is 48.3 Å². The summed E-state index contributed by atoms with van der Waals surface area (Å²) in [5.41, 5.74) is 11.9. The summed E-state index contributed by atoms with van der Waals surface area (Å²) in [6.07, 6.45) is 2.87. The fourth-order valence-corrected chi connectivity index (χ4v) is 4.62. The minimum absolute atomic E-state index is 0.0556. The van der Waals surface area contributed by atoms with Crippen molar-refractivity contribution in [3.05, 3.63) is 89.5 Å². The molecule has 35 heavy (non-hydrogen) atoms. The van der Waals surface area contributed by atoms with Crippen LogP contribution < -0.4 is 11.1 Å². The number of rotatable bonds is 10. The molecule has 3 aromatic carbocycles. The van der Waals surface area contributed by atoms with Gasteiger partial charge in [0.05, 0.1) is 0 Å². The van der Waals surface area contributed by atoms with Crippen LogP contribution in [0.3, 0.4) is 0 Å². The molecule has 0 bridgehead atoms. The number of unbranched alkanes of at least 4 members (excludes halogenated alkanes) is 2. The fraction of sp³-hybridized carbons (Fsp3) is 0.310. The first-order chi connectivity index (χ1) is 17.1. The van der Waals surface area contributed by atoms with Crippen LogP contribution in [-0.2, 0) is 16.1 Å². The maximum atomic E-state index is 12.5. The van der Waals surface area contributed by atoms with Crippen LogP contribution in [0.2, 0.25) is 0 Å². The zero-order valence-electron chi connectivity index (χ0n) is 20.2. The molecule has 0 saturated carbocycles. The van der Waals surface area contributed by atoms with Gasteiger partial charge >= 0.3 is 6.09 Å². The Balaban J connectivity index is 1.45. The maximum Gasteiger partial charge on any atom is 0.411 e. The molecule has 2 amide bonds. The lowest BCUT2D eigenvalue weighted by atomic mass is 9.96. The van der Waals surface area contributed by atoms with Gasteiger partial charge in [0.2, 0.25) is 5.91 Å². The number of benzene rings is 3. The number of nitrogens with zero attached hydrogens (tertiary/aromatic N) is 1. The maximum absolute atomic E-state index is 12.5. The standard InChI is InChI=1S/C29H33N3O3/c1-32(28(33)14-6-3-9-17-30)19-21-15-16-25-23-12-7-8-13-24(23)27(26(25)18-21)20-35-29(34)31-22-10-4-2-5-11-22/h2,4-5,7-8,10-13,15-16,18,27H,3,6,9,14,17,19-20,30H2,1H3,(H,31,34). The van der Waals surface area contributed by atoms with Gasteiger partial charge in [0.1, 0.15) is 6.61 Å². The third-order valence-corrected chi connectivity index (χ3v) is 6.46. The van der Waals surface area contributed by atoms with Gasteiger partial charge in [-0.15, -0.1) is 0 Å². The Kier molecular flexibility index (Phi) is 8.16. The second-order valence-electron chi connectivity index (χ2n) is 9.00. The molecule has 6 nitrogen and oxygen atoms in total. The Bertz CT molecular complexity index is 1160. The predicted octanol–water partition coefficient (Wildman–Crippen LogP) is 5.53. The Morgan fingerprint density at radius 2 is 1.66 bits per heavy atom. The van der Waals surface area contributed by atoms with Crippen molar-refractivity contribution in [2.45, 2.75) is 38.1 Å². The molecular weight excluding hydrogens is 438 g/mol. The summed E-state index contributed by atoms with van der Waals surface area (Å²) in [7, 11) is 1.85. The topological polar surface area (TPSA) is 84.7 Å². The summed E-state index contributed by atoms with van der Waals surface area (Å²) >= 11 is 0. The van der Waals surface area contributed by atoms with E-state index in [1.54, 1.807) is 4.90 Å². The highest BCUT2D eigenvalue weighted by atomic mass is 16.5. The van der Waals surface area contributed by atoms with E-state index in [1.165, 1.54) is 0 Å². The van der Waals surface area contributed by atoms with Gasteiger partial charge in [-0.3, -0.25) is 10.1 Å². The van der Waals surface area contributed by atoms with Gasteiger partial charge in [0.25, 0.3) is 0 Å². The number of hydrogen-bond acceptors (Lipinski definition) is 4. The van der Waals surface area contributed by atoms with E-state index >= 15 is 0 Å². The molecule has 0 saturated heterocycles. The summed E-state index contributed by atoms with van der Waals surface area (Å²) in [5.74, 6) is 0.0863. The summed E-state index contributed by atoms with van der Waals surface area (Å²) in [4.78, 5) is 26.8. The smallest absolute Gasteiger partial charge is 0.411 e. The third-order valence-electron chi connectivity index (χ3n) is 6.46. The van der Waals surface area contributed by atoms with Crippen LogP contribution in [0.4, 0.5) is 10.5 Å². The molecule has 6 heteroatoms. The lowest BCUT2D eigenvalue weighted by Gasteiger charge is -2.19. The van der Waals surface area contributed by atoms with Crippen molar-refractivity contribution in [1.29, 1.82) is 0 Å². The molecule has 1 aliphatic carbocycles. The summed E-state index contributed by atoms with van der Waals surface area (Å²) in [5, 5.41) is 2.78. The third kappa shape index (κ3) is 6.08. The van der Waals surface area contributed by atoms with Crippen LogP contribution in [0, 0.1) is 0 Å². The number of amides is 2. The molecule has 0 heterocycles. The number of nitrogens with one attached hydrogen (secondary N) is 1. The van der Waals surface area contributed by atoms with Gasteiger partial charge in [-0.05, 0) is 59.3 Å². The number of nitrogens with two attached hydrogens (primary N) is 1. The molecule has 182 valence electrons. The lowest BCUT2D eigenvalue weighted by molar-refractivity contribution is -0.130. The zero-order chi connectivity index (χ0) is 24.6. The highest BCUT2D eigenvalue weighted by Crippen LogP contribution is 2.45. The Hall–Kier alpha value is -3.64. The van der Waals surface area contributed by atoms with Crippen molar-refractivity contribution in [2.75, 3.05) is 25.5 Å². The van der Waals surface area contributed by atoms with E-state index in [1.807, 2.05) is 49.5 Å². The number of para-hydroxylation sites is 1. The number of anilines is 1. The number of carbonyl (C=O) groups excluding carboxylic acids is 2. The van der Waals surface area contributed by atoms with E-state index in [2.05, 4.69) is 35.6 Å². The molecule has 4 rings (SSSR count). The van der Waals surface area contributed by atoms with Crippen molar-refractivity contribution in [3.8, 4) is 11.1 Å². The summed E-state index contributed by atoms with van der Waals surface area (Å²) in [6.45, 7) is 1.45. The molecule has 3 N–H and O–H groups in total. The first-order valence-corrected chi connectivity index (χ1v) is 12.2. The largest absolute Gasteiger partial charge is 0.448 e. The lowest BCUT2D eigenvalue weighted by Crippen LogP contribution is -2.26. The number of hydrogen-bond donors (Lipinski definition) is 2. The van der Waals surface area contributed by atoms with Crippen molar-refractivity contribution >= 4 is 17.7 Å². The Labute approximate surface area is 207 Å². The van der Waals surface area contributed by atoms with Gasteiger partial charge in [-0.25, -0.2) is 4.79 Å². The second kappa shape index (κ2) is 11.7. The molecule has 1 aliphatic rings. The fourth-order valence-electron chi connectivity index (χ4n) is 4.62. The van der Waals surface area contributed by atoms with Crippen LogP contribution in [0.5, 0.6) is 0 Å². The number of fused-ring (bicyclic) bond motifs is 3. The normalized spacial score (nSPS) is 13.6. The predicted molar refractivity (Wildman–Crippen MR) is 139 cm³/mol. The molecule has 0 aliphatic heterocycles. The van der Waals surface area contributed by atoms with E-state index < -0.39 is 6.09 Å². The van der Waals surface area contributed by atoms with E-state index in [-0.39, 0.29) is 18.4 Å². The summed E-state index contributed by atoms with van der Waals surface area (Å²) < 4.78 is 5.64. The van der Waals surface area contributed by atoms with E-state index in [0.717, 1.165) is 47.1 Å². The highest BCUT2D eigenvalue weighted by molar-refractivity contribution is 5.85. The average molecular weight is 472 g/mol. The second-order valence-corrected chi connectivity index (χ2v) is 9.00. The van der Waals surface area contributed by atoms with Crippen LogP contribution >= 0.6 is 0 Å². The van der Waals surface area contributed by atoms with Crippen LogP contribution in [0.15, 0.2) is 72.8 Å². The molecule has 1 atom stereocenters. The van der Waals surface area contributed by atoms with Crippen molar-refractivity contribution in [1.82, 2.24) is 4.90 Å². The molecule has 0 aromatic heterocycles. The zero-order valence-corrected chi connectivity index (χ0v) is 20.2. The monoisotopic (exact) mass is 471 g/mol. The van der Waals surface area contributed by atoms with Crippen LogP contribution in [-0.4, -0.2) is 37.1 Å². The number of ether oxygens (including phenoxy) is 1.